The summed E-state index contributed by atoms with van der Waals surface area (Å²) in [4.78, 5) is 23.4. The van der Waals surface area contributed by atoms with Gasteiger partial charge in [0.2, 0.25) is 0 Å². The van der Waals surface area contributed by atoms with Gasteiger partial charge in [-0.15, -0.1) is 0 Å². The molecule has 0 aliphatic rings. The summed E-state index contributed by atoms with van der Waals surface area (Å²) in [6.07, 6.45) is 5.88. The topological polar surface area (TPSA) is 93.8 Å². The van der Waals surface area contributed by atoms with Gasteiger partial charge in [-0.05, 0) is 22.0 Å². The molecule has 0 aliphatic carbocycles. The summed E-state index contributed by atoms with van der Waals surface area (Å²) in [5, 5.41) is 2.67. The number of hydrogen-bond donors (Lipinski definition) is 2. The van der Waals surface area contributed by atoms with Gasteiger partial charge in [0.25, 0.3) is 5.91 Å². The molecular weight excluding hydrogens is 286 g/mol. The number of hydrogen-bond acceptors (Lipinski definition) is 5. The van der Waals surface area contributed by atoms with E-state index in [4.69, 9.17) is 5.73 Å². The van der Waals surface area contributed by atoms with E-state index in [0.29, 0.717) is 10.2 Å². The Labute approximate surface area is 105 Å². The Balaban J connectivity index is 2.20. The number of halogens is 1. The van der Waals surface area contributed by atoms with Gasteiger partial charge in [-0.1, -0.05) is 0 Å². The number of amides is 1. The predicted octanol–water partition coefficient (Wildman–Crippen LogP) is 1.47. The second-order valence-electron chi connectivity index (χ2n) is 3.14. The van der Waals surface area contributed by atoms with E-state index in [2.05, 4.69) is 36.2 Å². The highest BCUT2D eigenvalue weighted by Crippen LogP contribution is 2.20. The van der Waals surface area contributed by atoms with Crippen LogP contribution >= 0.6 is 15.9 Å². The number of carbonyl (C=O) groups is 1. The first kappa shape index (κ1) is 11.5. The summed E-state index contributed by atoms with van der Waals surface area (Å²) in [5.41, 5.74) is 6.21. The Morgan fingerprint density at radius 2 is 2.12 bits per heavy atom. The number of nitrogens with one attached hydrogen (secondary N) is 1. The number of aromatic nitrogens is 3. The fraction of sp³-hybridized carbons (Fsp3) is 0. The number of nitrogens with two attached hydrogens (primary N) is 1. The molecule has 0 spiro atoms. The van der Waals surface area contributed by atoms with Gasteiger partial charge in [-0.2, -0.15) is 0 Å². The molecule has 6 nitrogen and oxygen atoms in total. The van der Waals surface area contributed by atoms with Crippen LogP contribution in [0, 0.1) is 0 Å². The average Bonchev–Trinajstić information content (AvgIpc) is 2.32. The molecule has 0 saturated heterocycles. The second-order valence-corrected chi connectivity index (χ2v) is 3.99. The molecule has 0 saturated carbocycles. The summed E-state index contributed by atoms with van der Waals surface area (Å²) in [5.74, 6) is -0.178. The van der Waals surface area contributed by atoms with E-state index >= 15 is 0 Å². The monoisotopic (exact) mass is 293 g/mol. The highest BCUT2D eigenvalue weighted by atomic mass is 79.9. The standard InChI is InChI=1S/C10H8BrN5O/c11-6-3-13-2-1-7(6)16-10(17)8-4-14-5-9(12)15-8/h1-5H,(H2,12,15)(H,13,16,17). The maximum atomic E-state index is 11.8. The van der Waals surface area contributed by atoms with E-state index < -0.39 is 0 Å². The van der Waals surface area contributed by atoms with Crippen molar-refractivity contribution in [3.05, 3.63) is 41.0 Å². The highest BCUT2D eigenvalue weighted by molar-refractivity contribution is 9.10. The summed E-state index contributed by atoms with van der Waals surface area (Å²) in [6.45, 7) is 0. The molecule has 0 radical (unpaired) electrons. The first-order chi connectivity index (χ1) is 8.16. The lowest BCUT2D eigenvalue weighted by molar-refractivity contribution is 0.102. The summed E-state index contributed by atoms with van der Waals surface area (Å²) >= 11 is 3.27. The quantitative estimate of drug-likeness (QED) is 0.874. The Morgan fingerprint density at radius 1 is 1.29 bits per heavy atom. The molecule has 2 aromatic rings. The maximum absolute atomic E-state index is 11.8. The lowest BCUT2D eigenvalue weighted by Gasteiger charge is -2.05. The van der Waals surface area contributed by atoms with E-state index in [1.54, 1.807) is 18.5 Å². The van der Waals surface area contributed by atoms with Crippen LogP contribution in [0.1, 0.15) is 10.5 Å². The Kier molecular flexibility index (Phi) is 3.29. The second kappa shape index (κ2) is 4.88. The van der Waals surface area contributed by atoms with Gasteiger partial charge in [0, 0.05) is 12.4 Å². The van der Waals surface area contributed by atoms with Gasteiger partial charge in [0.1, 0.15) is 11.5 Å². The van der Waals surface area contributed by atoms with Crippen molar-refractivity contribution in [1.29, 1.82) is 0 Å². The molecule has 86 valence electrons. The van der Waals surface area contributed by atoms with Crippen LogP contribution in [-0.4, -0.2) is 20.9 Å². The largest absolute Gasteiger partial charge is 0.382 e. The molecular formula is C10H8BrN5O. The fourth-order valence-corrected chi connectivity index (χ4v) is 1.50. The molecule has 2 rings (SSSR count). The van der Waals surface area contributed by atoms with Crippen LogP contribution in [-0.2, 0) is 0 Å². The van der Waals surface area contributed by atoms with Crippen molar-refractivity contribution in [2.45, 2.75) is 0 Å². The molecule has 2 heterocycles. The summed E-state index contributed by atoms with van der Waals surface area (Å²) in [7, 11) is 0. The van der Waals surface area contributed by atoms with Crippen LogP contribution in [0.5, 0.6) is 0 Å². The predicted molar refractivity (Wildman–Crippen MR) is 66.3 cm³/mol. The van der Waals surface area contributed by atoms with Gasteiger partial charge >= 0.3 is 0 Å². The Morgan fingerprint density at radius 3 is 2.82 bits per heavy atom. The SMILES string of the molecule is Nc1cncc(C(=O)Nc2ccncc2Br)n1. The summed E-state index contributed by atoms with van der Waals surface area (Å²) < 4.78 is 0.685. The van der Waals surface area contributed by atoms with Gasteiger partial charge < -0.3 is 11.1 Å². The van der Waals surface area contributed by atoms with E-state index in [1.165, 1.54) is 12.4 Å². The minimum absolute atomic E-state index is 0.161. The molecule has 0 atom stereocenters. The van der Waals surface area contributed by atoms with Crippen molar-refractivity contribution < 1.29 is 4.79 Å². The van der Waals surface area contributed by atoms with Crippen molar-refractivity contribution in [3.8, 4) is 0 Å². The summed E-state index contributed by atoms with van der Waals surface area (Å²) in [6, 6.07) is 1.67. The number of anilines is 2. The number of carbonyl (C=O) groups excluding carboxylic acids is 1. The van der Waals surface area contributed by atoms with Crippen molar-refractivity contribution in [1.82, 2.24) is 15.0 Å². The van der Waals surface area contributed by atoms with Crippen LogP contribution in [0.4, 0.5) is 11.5 Å². The van der Waals surface area contributed by atoms with E-state index in [9.17, 15) is 4.79 Å². The number of pyridine rings is 1. The Hall–Kier alpha value is -2.02. The van der Waals surface area contributed by atoms with Gasteiger partial charge in [-0.25, -0.2) is 4.98 Å². The van der Waals surface area contributed by atoms with Crippen LogP contribution in [0.2, 0.25) is 0 Å². The van der Waals surface area contributed by atoms with Crippen LogP contribution in [0.15, 0.2) is 35.3 Å². The number of rotatable bonds is 2. The molecule has 17 heavy (non-hydrogen) atoms. The minimum Gasteiger partial charge on any atom is -0.382 e. The zero-order valence-electron chi connectivity index (χ0n) is 8.59. The molecule has 0 unspecified atom stereocenters. The molecule has 7 heteroatoms. The molecule has 0 aliphatic heterocycles. The molecule has 0 aromatic carbocycles. The fourth-order valence-electron chi connectivity index (χ4n) is 1.15. The number of nitrogen functional groups attached to an aromatic ring is 1. The first-order valence-electron chi connectivity index (χ1n) is 4.65. The van der Waals surface area contributed by atoms with Gasteiger partial charge in [0.05, 0.1) is 22.6 Å². The van der Waals surface area contributed by atoms with Crippen molar-refractivity contribution in [3.63, 3.8) is 0 Å². The zero-order valence-corrected chi connectivity index (χ0v) is 10.2. The van der Waals surface area contributed by atoms with Crippen LogP contribution < -0.4 is 11.1 Å². The van der Waals surface area contributed by atoms with Crippen LogP contribution in [0.25, 0.3) is 0 Å². The molecule has 3 N–H and O–H groups in total. The Bertz CT molecular complexity index is 560. The van der Waals surface area contributed by atoms with Gasteiger partial charge in [0.15, 0.2) is 0 Å². The van der Waals surface area contributed by atoms with E-state index in [-0.39, 0.29) is 17.4 Å². The third-order valence-electron chi connectivity index (χ3n) is 1.91. The molecule has 0 bridgehead atoms. The molecule has 0 fully saturated rings. The third-order valence-corrected chi connectivity index (χ3v) is 2.54. The lowest BCUT2D eigenvalue weighted by Crippen LogP contribution is -2.15. The number of nitrogens with zero attached hydrogens (tertiary/aromatic N) is 3. The van der Waals surface area contributed by atoms with E-state index in [1.807, 2.05) is 0 Å². The minimum atomic E-state index is -0.378. The van der Waals surface area contributed by atoms with Crippen molar-refractivity contribution >= 4 is 33.3 Å². The molecule has 2 aromatic heterocycles. The zero-order chi connectivity index (χ0) is 12.3. The van der Waals surface area contributed by atoms with Crippen LogP contribution in [0.3, 0.4) is 0 Å². The van der Waals surface area contributed by atoms with Gasteiger partial charge in [-0.3, -0.25) is 14.8 Å². The van der Waals surface area contributed by atoms with Crippen molar-refractivity contribution in [2.75, 3.05) is 11.1 Å². The first-order valence-corrected chi connectivity index (χ1v) is 5.44. The maximum Gasteiger partial charge on any atom is 0.275 e. The third kappa shape index (κ3) is 2.76. The smallest absolute Gasteiger partial charge is 0.275 e. The van der Waals surface area contributed by atoms with Crippen molar-refractivity contribution in [2.24, 2.45) is 0 Å². The normalized spacial score (nSPS) is 9.94. The van der Waals surface area contributed by atoms with E-state index in [0.717, 1.165) is 0 Å². The lowest BCUT2D eigenvalue weighted by atomic mass is 10.3. The molecule has 1 amide bonds. The average molecular weight is 294 g/mol. The highest BCUT2D eigenvalue weighted by Gasteiger charge is 2.10.